The lowest BCUT2D eigenvalue weighted by Crippen LogP contribution is -2.40. The van der Waals surface area contributed by atoms with E-state index in [1.54, 1.807) is 0 Å². The van der Waals surface area contributed by atoms with Gasteiger partial charge < -0.3 is 28.5 Å². The number of aliphatic carboxylic acids is 1. The molecule has 0 aromatic carbocycles. The molecular weight excluding hydrogens is 610 g/mol. The molecule has 2 atom stereocenters. The summed E-state index contributed by atoms with van der Waals surface area (Å²) in [6.45, 7) is 4.77. The van der Waals surface area contributed by atoms with E-state index in [1.165, 1.54) is 51.4 Å². The van der Waals surface area contributed by atoms with E-state index in [2.05, 4.69) is 38.2 Å². The van der Waals surface area contributed by atoms with Crippen molar-refractivity contribution >= 4 is 17.9 Å². The third kappa shape index (κ3) is 32.3. The number of hydrogen-bond acceptors (Lipinski definition) is 7. The van der Waals surface area contributed by atoms with Crippen molar-refractivity contribution in [1.82, 2.24) is 0 Å². The Kier molecular flexibility index (Phi) is 30.5. The van der Waals surface area contributed by atoms with Gasteiger partial charge in [-0.1, -0.05) is 122 Å². The second-order valence-corrected chi connectivity index (χ2v) is 13.9. The molecule has 0 aromatic heterocycles. The Morgan fingerprint density at radius 3 is 1.71 bits per heavy atom. The van der Waals surface area contributed by atoms with Crippen molar-refractivity contribution in [2.45, 2.75) is 161 Å². The average Bonchev–Trinajstić information content (AvgIpc) is 3.03. The van der Waals surface area contributed by atoms with Crippen LogP contribution < -0.4 is 0 Å². The molecule has 0 heterocycles. The van der Waals surface area contributed by atoms with Crippen molar-refractivity contribution in [3.8, 4) is 0 Å². The van der Waals surface area contributed by atoms with E-state index in [0.29, 0.717) is 23.9 Å². The van der Waals surface area contributed by atoms with Gasteiger partial charge in [-0.15, -0.1) is 0 Å². The van der Waals surface area contributed by atoms with Crippen LogP contribution in [0.4, 0.5) is 0 Å². The van der Waals surface area contributed by atoms with Crippen LogP contribution in [0.3, 0.4) is 0 Å². The summed E-state index contributed by atoms with van der Waals surface area (Å²) in [6.07, 6.45) is 28.1. The molecule has 0 aliphatic carbocycles. The van der Waals surface area contributed by atoms with Crippen molar-refractivity contribution in [2.24, 2.45) is 0 Å². The molecule has 1 N–H and O–H groups in total. The first kappa shape index (κ1) is 45.8. The number of hydrogen-bond donors (Lipinski definition) is 1. The van der Waals surface area contributed by atoms with Gasteiger partial charge >= 0.3 is 17.9 Å². The van der Waals surface area contributed by atoms with E-state index in [9.17, 15) is 19.5 Å². The van der Waals surface area contributed by atoms with Crippen LogP contribution in [0, 0.1) is 0 Å². The monoisotopic (exact) mass is 683 g/mol. The number of nitrogens with zero attached hydrogens (tertiary/aromatic N) is 1. The largest absolute Gasteiger partial charge is 0.477 e. The number of quaternary nitrogens is 1. The summed E-state index contributed by atoms with van der Waals surface area (Å²) in [5.74, 6) is -2.03. The van der Waals surface area contributed by atoms with E-state index in [4.69, 9.17) is 18.9 Å². The Morgan fingerprint density at radius 2 is 1.15 bits per heavy atom. The Bertz CT molecular complexity index is 851. The van der Waals surface area contributed by atoms with Crippen LogP contribution in [0.1, 0.15) is 149 Å². The van der Waals surface area contributed by atoms with Crippen LogP contribution in [0.5, 0.6) is 0 Å². The molecule has 0 amide bonds. The van der Waals surface area contributed by atoms with Gasteiger partial charge in [0.2, 0.25) is 0 Å². The number of likely N-dealkylation sites (N-methyl/N-ethyl adjacent to an activating group) is 1. The van der Waals surface area contributed by atoms with Gasteiger partial charge in [0, 0.05) is 12.8 Å². The molecule has 0 rings (SSSR count). The maximum Gasteiger partial charge on any atom is 0.361 e. The van der Waals surface area contributed by atoms with Crippen LogP contribution in [0.15, 0.2) is 24.3 Å². The predicted molar refractivity (Wildman–Crippen MR) is 194 cm³/mol. The normalized spacial score (nSPS) is 13.3. The van der Waals surface area contributed by atoms with E-state index in [1.807, 2.05) is 21.1 Å². The molecule has 0 aliphatic rings. The fourth-order valence-corrected chi connectivity index (χ4v) is 4.91. The highest BCUT2D eigenvalue weighted by atomic mass is 16.7. The molecule has 0 aromatic rings. The first-order chi connectivity index (χ1) is 23.1. The van der Waals surface area contributed by atoms with Gasteiger partial charge in [0.25, 0.3) is 6.29 Å². The number of carboxylic acids is 1. The molecular formula is C39H72NO8+. The summed E-state index contributed by atoms with van der Waals surface area (Å²) in [7, 11) is 5.93. The predicted octanol–water partition coefficient (Wildman–Crippen LogP) is 8.94. The molecule has 0 saturated carbocycles. The third-order valence-corrected chi connectivity index (χ3v) is 7.96. The molecule has 48 heavy (non-hydrogen) atoms. The van der Waals surface area contributed by atoms with Gasteiger partial charge in [0.05, 0.1) is 34.4 Å². The van der Waals surface area contributed by atoms with E-state index < -0.39 is 24.3 Å². The summed E-state index contributed by atoms with van der Waals surface area (Å²) < 4.78 is 22.6. The Balaban J connectivity index is 4.57. The standard InChI is InChI=1S/C39H71NO8/c1-6-8-10-12-14-16-17-18-19-20-22-24-26-28-30-37(42)48-35(34-47-39(38(43)44)45-32-31-40(3,4)5)33-46-36(41)29-27-25-23-21-15-13-11-9-7-2/h12,14,17-18,35,39H,6-11,13,15-16,19-34H2,1-5H3/p+1/b14-12-,18-17-. The summed E-state index contributed by atoms with van der Waals surface area (Å²) in [5.41, 5.74) is 0. The number of allylic oxidation sites excluding steroid dienone is 4. The second-order valence-electron chi connectivity index (χ2n) is 13.9. The smallest absolute Gasteiger partial charge is 0.361 e. The Hall–Kier alpha value is -2.23. The number of carbonyl (C=O) groups is 3. The summed E-state index contributed by atoms with van der Waals surface area (Å²) in [6, 6.07) is 0. The lowest BCUT2D eigenvalue weighted by Gasteiger charge is -2.25. The zero-order chi connectivity index (χ0) is 35.7. The van der Waals surface area contributed by atoms with Gasteiger partial charge in [-0.2, -0.15) is 0 Å². The minimum absolute atomic E-state index is 0.185. The third-order valence-electron chi connectivity index (χ3n) is 7.96. The second kappa shape index (κ2) is 32.0. The molecule has 9 nitrogen and oxygen atoms in total. The molecule has 0 fully saturated rings. The topological polar surface area (TPSA) is 108 Å². The van der Waals surface area contributed by atoms with E-state index in [-0.39, 0.29) is 32.2 Å². The van der Waals surface area contributed by atoms with Crippen LogP contribution in [-0.2, 0) is 33.3 Å². The molecule has 280 valence electrons. The molecule has 2 unspecified atom stereocenters. The number of carbonyl (C=O) groups excluding carboxylic acids is 2. The SMILES string of the molecule is CCCC/C=C\C/C=C\CCCCCCCC(=O)OC(COC(=O)CCCCCCCCCCC)COC(OCC[N+](C)(C)C)C(=O)O. The number of esters is 2. The van der Waals surface area contributed by atoms with Crippen LogP contribution in [0.2, 0.25) is 0 Å². The quantitative estimate of drug-likeness (QED) is 0.0236. The molecule has 9 heteroatoms. The fraction of sp³-hybridized carbons (Fsp3) is 0.821. The molecule has 0 spiro atoms. The first-order valence-electron chi connectivity index (χ1n) is 19.0. The minimum atomic E-state index is -1.51. The molecule has 0 aliphatic heterocycles. The van der Waals surface area contributed by atoms with Crippen molar-refractivity contribution in [3.05, 3.63) is 24.3 Å². The lowest BCUT2D eigenvalue weighted by atomic mass is 10.1. The van der Waals surface area contributed by atoms with Crippen LogP contribution >= 0.6 is 0 Å². The van der Waals surface area contributed by atoms with Gasteiger partial charge in [0.15, 0.2) is 6.10 Å². The average molecular weight is 683 g/mol. The van der Waals surface area contributed by atoms with Gasteiger partial charge in [-0.25, -0.2) is 4.79 Å². The van der Waals surface area contributed by atoms with Gasteiger partial charge in [-0.3, -0.25) is 9.59 Å². The first-order valence-corrected chi connectivity index (χ1v) is 19.0. The van der Waals surface area contributed by atoms with Crippen molar-refractivity contribution in [1.29, 1.82) is 0 Å². The zero-order valence-corrected chi connectivity index (χ0v) is 31.4. The maximum atomic E-state index is 12.7. The maximum absolute atomic E-state index is 12.7. The van der Waals surface area contributed by atoms with Crippen molar-refractivity contribution < 1.29 is 42.9 Å². The highest BCUT2D eigenvalue weighted by Gasteiger charge is 2.25. The number of unbranched alkanes of at least 4 members (excludes halogenated alkanes) is 15. The van der Waals surface area contributed by atoms with E-state index in [0.717, 1.165) is 64.2 Å². The molecule has 0 saturated heterocycles. The van der Waals surface area contributed by atoms with E-state index >= 15 is 0 Å². The summed E-state index contributed by atoms with van der Waals surface area (Å²) in [5, 5.41) is 9.57. The Morgan fingerprint density at radius 1 is 0.625 bits per heavy atom. The van der Waals surface area contributed by atoms with Crippen LogP contribution in [-0.4, -0.2) is 87.4 Å². The molecule has 0 bridgehead atoms. The highest BCUT2D eigenvalue weighted by Crippen LogP contribution is 2.13. The minimum Gasteiger partial charge on any atom is -0.477 e. The van der Waals surface area contributed by atoms with Crippen LogP contribution in [0.25, 0.3) is 0 Å². The highest BCUT2D eigenvalue weighted by molar-refractivity contribution is 5.71. The van der Waals surface area contributed by atoms with Gasteiger partial charge in [-0.05, 0) is 38.5 Å². The summed E-state index contributed by atoms with van der Waals surface area (Å²) in [4.78, 5) is 36.8. The lowest BCUT2D eigenvalue weighted by molar-refractivity contribution is -0.870. The number of ether oxygens (including phenoxy) is 4. The zero-order valence-electron chi connectivity index (χ0n) is 31.4. The summed E-state index contributed by atoms with van der Waals surface area (Å²) >= 11 is 0. The fourth-order valence-electron chi connectivity index (χ4n) is 4.91. The van der Waals surface area contributed by atoms with Gasteiger partial charge in [0.1, 0.15) is 13.2 Å². The Labute approximate surface area is 293 Å². The number of carboxylic acid groups (broad SMARTS) is 1. The van der Waals surface area contributed by atoms with Crippen molar-refractivity contribution in [2.75, 3.05) is 47.5 Å². The van der Waals surface area contributed by atoms with Crippen molar-refractivity contribution in [3.63, 3.8) is 0 Å². The molecule has 0 radical (unpaired) electrons. The number of rotatable bonds is 34.